The molecule has 0 bridgehead atoms. The van der Waals surface area contributed by atoms with Crippen LogP contribution in [0.1, 0.15) is 24.0 Å². The van der Waals surface area contributed by atoms with Crippen LogP contribution in [0.5, 0.6) is 5.75 Å². The molecule has 3 aromatic heterocycles. The Labute approximate surface area is 173 Å². The number of ether oxygens (including phenoxy) is 1. The Kier molecular flexibility index (Phi) is 5.10. The normalized spacial score (nSPS) is 17.0. The molecular weight excluding hydrogens is 459 g/mol. The summed E-state index contributed by atoms with van der Waals surface area (Å²) in [5, 5.41) is 7.27. The van der Waals surface area contributed by atoms with Crippen molar-refractivity contribution in [1.82, 2.24) is 24.7 Å². The molecular formula is C17H11ClF7N5O. The molecule has 166 valence electrons. The van der Waals surface area contributed by atoms with Crippen molar-refractivity contribution in [3.8, 4) is 5.75 Å². The van der Waals surface area contributed by atoms with Crippen molar-refractivity contribution < 1.29 is 35.5 Å². The van der Waals surface area contributed by atoms with E-state index < -0.39 is 60.1 Å². The molecule has 6 nitrogen and oxygen atoms in total. The van der Waals surface area contributed by atoms with Gasteiger partial charge in [-0.1, -0.05) is 17.7 Å². The molecule has 0 amide bonds. The topological polar surface area (TPSA) is 68.6 Å². The predicted octanol–water partition coefficient (Wildman–Crippen LogP) is 3.31. The second-order valence-electron chi connectivity index (χ2n) is 6.56. The molecule has 1 aliphatic rings. The van der Waals surface area contributed by atoms with E-state index in [-0.39, 0.29) is 11.5 Å². The Balaban J connectivity index is 2.03. The van der Waals surface area contributed by atoms with E-state index in [1.165, 1.54) is 12.3 Å². The molecule has 0 radical (unpaired) electrons. The van der Waals surface area contributed by atoms with Crippen LogP contribution in [0.4, 0.5) is 30.7 Å². The molecule has 4 rings (SSSR count). The maximum atomic E-state index is 13.8. The van der Waals surface area contributed by atoms with Gasteiger partial charge in [-0.05, 0) is 0 Å². The van der Waals surface area contributed by atoms with Crippen LogP contribution < -0.4 is 15.3 Å². The molecule has 0 aliphatic heterocycles. The van der Waals surface area contributed by atoms with Crippen molar-refractivity contribution in [3.05, 3.63) is 34.3 Å². The highest BCUT2D eigenvalue weighted by Gasteiger charge is 2.42. The van der Waals surface area contributed by atoms with Gasteiger partial charge in [-0.15, -0.1) is 0 Å². The van der Waals surface area contributed by atoms with Crippen molar-refractivity contribution in [1.29, 1.82) is 0 Å². The summed E-state index contributed by atoms with van der Waals surface area (Å²) in [5.41, 5.74) is -2.79. The van der Waals surface area contributed by atoms with Gasteiger partial charge in [-0.3, -0.25) is 9.67 Å². The second kappa shape index (κ2) is 7.39. The number of aromatic nitrogens is 5. The van der Waals surface area contributed by atoms with Crippen molar-refractivity contribution in [2.75, 3.05) is 13.3 Å². The molecule has 0 fully saturated rings. The Hall–Kier alpha value is -2.83. The highest BCUT2D eigenvalue weighted by Crippen LogP contribution is 2.40. The van der Waals surface area contributed by atoms with E-state index in [1.54, 1.807) is 0 Å². The Morgan fingerprint density at radius 3 is 2.55 bits per heavy atom. The van der Waals surface area contributed by atoms with E-state index in [1.807, 2.05) is 0 Å². The number of halogens is 8. The van der Waals surface area contributed by atoms with Crippen molar-refractivity contribution in [2.24, 2.45) is 0 Å². The summed E-state index contributed by atoms with van der Waals surface area (Å²) in [5.74, 6) is -2.15. The van der Waals surface area contributed by atoms with Crippen LogP contribution in [0, 0.1) is 0 Å². The number of hydrogen-bond acceptors (Lipinski definition) is 4. The fourth-order valence-electron chi connectivity index (χ4n) is 3.31. The molecule has 3 heterocycles. The average Bonchev–Trinajstić information content (AvgIpc) is 3.29. The van der Waals surface area contributed by atoms with Gasteiger partial charge in [0.25, 0.3) is 0 Å². The molecule has 0 saturated carbocycles. The number of aromatic amines is 1. The van der Waals surface area contributed by atoms with Crippen LogP contribution in [0.3, 0.4) is 0 Å². The molecule has 1 aliphatic carbocycles. The minimum absolute atomic E-state index is 0.135. The number of H-pyrrole nitrogens is 1. The first kappa shape index (κ1) is 21.4. The molecule has 0 aromatic carbocycles. The monoisotopic (exact) mass is 469 g/mol. The van der Waals surface area contributed by atoms with Crippen LogP contribution in [-0.4, -0.2) is 38.0 Å². The summed E-state index contributed by atoms with van der Waals surface area (Å²) >= 11 is 6.17. The lowest BCUT2D eigenvalue weighted by Gasteiger charge is -2.21. The lowest BCUT2D eigenvalue weighted by molar-refractivity contribution is -0.147. The SMILES string of the molecule is FCCOc1cc(C(F)(F)F)nc2c1nc(C(F)(F)F)n2C1C=c2cn[nH]c2=C(Cl)C1. The number of rotatable bonds is 4. The molecule has 0 spiro atoms. The van der Waals surface area contributed by atoms with Gasteiger partial charge in [-0.25, -0.2) is 14.4 Å². The maximum Gasteiger partial charge on any atom is 0.449 e. The third-order valence-electron chi connectivity index (χ3n) is 4.52. The van der Waals surface area contributed by atoms with Crippen LogP contribution in [-0.2, 0) is 12.4 Å². The van der Waals surface area contributed by atoms with E-state index in [4.69, 9.17) is 16.3 Å². The lowest BCUT2D eigenvalue weighted by atomic mass is 10.1. The van der Waals surface area contributed by atoms with E-state index in [2.05, 4.69) is 20.2 Å². The Morgan fingerprint density at radius 1 is 1.16 bits per heavy atom. The number of imidazole rings is 1. The van der Waals surface area contributed by atoms with Gasteiger partial charge in [0.15, 0.2) is 22.6 Å². The summed E-state index contributed by atoms with van der Waals surface area (Å²) in [7, 11) is 0. The molecule has 1 atom stereocenters. The summed E-state index contributed by atoms with van der Waals surface area (Å²) in [4.78, 5) is 6.87. The maximum absolute atomic E-state index is 13.8. The number of nitrogens with one attached hydrogen (secondary N) is 1. The zero-order valence-electron chi connectivity index (χ0n) is 15.2. The van der Waals surface area contributed by atoms with Gasteiger partial charge in [0, 0.05) is 22.7 Å². The van der Waals surface area contributed by atoms with Crippen molar-refractivity contribution >= 4 is 33.9 Å². The number of pyridine rings is 1. The molecule has 1 N–H and O–H groups in total. The number of fused-ring (bicyclic) bond motifs is 2. The zero-order chi connectivity index (χ0) is 22.6. The molecule has 0 saturated heterocycles. The minimum atomic E-state index is -5.03. The van der Waals surface area contributed by atoms with Gasteiger partial charge in [-0.2, -0.15) is 31.4 Å². The van der Waals surface area contributed by atoms with E-state index in [9.17, 15) is 30.7 Å². The molecule has 1 unspecified atom stereocenters. The molecule has 14 heteroatoms. The third kappa shape index (κ3) is 3.82. The molecule has 3 aromatic rings. The first-order valence-electron chi connectivity index (χ1n) is 8.66. The van der Waals surface area contributed by atoms with E-state index >= 15 is 0 Å². The van der Waals surface area contributed by atoms with Gasteiger partial charge >= 0.3 is 12.4 Å². The number of nitrogens with zero attached hydrogens (tertiary/aromatic N) is 4. The zero-order valence-corrected chi connectivity index (χ0v) is 15.9. The fraction of sp³-hybridized carbons (Fsp3) is 0.353. The summed E-state index contributed by atoms with van der Waals surface area (Å²) < 4.78 is 99.4. The highest BCUT2D eigenvalue weighted by atomic mass is 35.5. The van der Waals surface area contributed by atoms with Gasteiger partial charge in [0.1, 0.15) is 13.3 Å². The third-order valence-corrected chi connectivity index (χ3v) is 4.87. The second-order valence-corrected chi connectivity index (χ2v) is 7.02. The van der Waals surface area contributed by atoms with Crippen LogP contribution in [0.15, 0.2) is 12.3 Å². The first-order chi connectivity index (χ1) is 14.5. The molecule has 31 heavy (non-hydrogen) atoms. The van der Waals surface area contributed by atoms with Crippen molar-refractivity contribution in [2.45, 2.75) is 24.8 Å². The standard InChI is InChI=1S/C17H11ClF7N5O/c18-9-4-8(3-7-6-26-29-12(7)9)30-14-13(28-15(30)17(23,24)25)10(31-2-1-19)5-11(27-14)16(20,21)22/h3,5-6,8,29H,1-2,4H2. The summed E-state index contributed by atoms with van der Waals surface area (Å²) in [6, 6.07) is -0.767. The summed E-state index contributed by atoms with van der Waals surface area (Å²) in [6.45, 7) is -1.74. The largest absolute Gasteiger partial charge is 0.488 e. The van der Waals surface area contributed by atoms with Crippen LogP contribution in [0.25, 0.3) is 22.3 Å². The van der Waals surface area contributed by atoms with Crippen LogP contribution >= 0.6 is 11.6 Å². The summed E-state index contributed by atoms with van der Waals surface area (Å²) in [6.07, 6.45) is -7.52. The van der Waals surface area contributed by atoms with E-state index in [0.717, 1.165) is 0 Å². The first-order valence-corrected chi connectivity index (χ1v) is 9.04. The Bertz CT molecular complexity index is 1260. The van der Waals surface area contributed by atoms with Gasteiger partial charge < -0.3 is 4.74 Å². The Morgan fingerprint density at radius 2 is 1.90 bits per heavy atom. The lowest BCUT2D eigenvalue weighted by Crippen LogP contribution is -2.31. The smallest absolute Gasteiger partial charge is 0.449 e. The number of alkyl halides is 7. The minimum Gasteiger partial charge on any atom is -0.488 e. The average molecular weight is 470 g/mol. The van der Waals surface area contributed by atoms with Gasteiger partial charge in [0.05, 0.1) is 17.6 Å². The highest BCUT2D eigenvalue weighted by molar-refractivity contribution is 6.45. The predicted molar refractivity (Wildman–Crippen MR) is 94.2 cm³/mol. The van der Waals surface area contributed by atoms with Crippen molar-refractivity contribution in [3.63, 3.8) is 0 Å². The fourth-order valence-corrected chi connectivity index (χ4v) is 3.62. The van der Waals surface area contributed by atoms with Crippen LogP contribution in [0.2, 0.25) is 0 Å². The van der Waals surface area contributed by atoms with E-state index in [0.29, 0.717) is 21.2 Å². The van der Waals surface area contributed by atoms with Gasteiger partial charge in [0.2, 0.25) is 5.82 Å². The quantitative estimate of drug-likeness (QED) is 0.595. The number of hydrogen-bond donors (Lipinski definition) is 1.